The van der Waals surface area contributed by atoms with Crippen molar-refractivity contribution in [2.45, 2.75) is 11.6 Å². The highest BCUT2D eigenvalue weighted by Crippen LogP contribution is 2.52. The highest BCUT2D eigenvalue weighted by Gasteiger charge is 2.68. The molecule has 0 unspecified atom stereocenters. The number of fused-ring (bicyclic) bond motifs is 1. The normalized spacial score (nSPS) is 23.0. The van der Waals surface area contributed by atoms with Crippen molar-refractivity contribution in [3.05, 3.63) is 96.1 Å². The van der Waals surface area contributed by atoms with E-state index in [0.717, 1.165) is 11.1 Å². The lowest BCUT2D eigenvalue weighted by molar-refractivity contribution is -0.145. The molecule has 172 valence electrons. The van der Waals surface area contributed by atoms with Gasteiger partial charge in [-0.05, 0) is 35.4 Å². The van der Waals surface area contributed by atoms with E-state index in [0.29, 0.717) is 11.4 Å². The fourth-order valence-corrected chi connectivity index (χ4v) is 5.32. The zero-order chi connectivity index (χ0) is 23.9. The Balaban J connectivity index is 1.72. The third kappa shape index (κ3) is 3.12. The molecule has 2 fully saturated rings. The molecule has 0 bridgehead atoms. The van der Waals surface area contributed by atoms with Crippen LogP contribution in [0, 0.1) is 11.8 Å². The second-order valence-electron chi connectivity index (χ2n) is 8.40. The van der Waals surface area contributed by atoms with Gasteiger partial charge in [0.15, 0.2) is 0 Å². The number of nitrogens with one attached hydrogen (secondary N) is 1. The number of esters is 1. The van der Waals surface area contributed by atoms with Crippen molar-refractivity contribution >= 4 is 23.5 Å². The third-order valence-electron chi connectivity index (χ3n) is 6.80. The minimum atomic E-state index is -1.10. The van der Waals surface area contributed by atoms with Gasteiger partial charge in [-0.2, -0.15) is 0 Å². The topological polar surface area (TPSA) is 84.9 Å². The zero-order valence-corrected chi connectivity index (χ0v) is 18.8. The monoisotopic (exact) mass is 456 g/mol. The second kappa shape index (κ2) is 8.43. The summed E-state index contributed by atoms with van der Waals surface area (Å²) in [5.41, 5.74) is 0.921. The van der Waals surface area contributed by atoms with Crippen molar-refractivity contribution in [1.29, 1.82) is 0 Å². The number of imide groups is 1. The fraction of sp³-hybridized carbons (Fsp3) is 0.222. The first kappa shape index (κ1) is 21.9. The average Bonchev–Trinajstić information content (AvgIpc) is 3.39. The maximum atomic E-state index is 14.1. The average molecular weight is 456 g/mol. The maximum absolute atomic E-state index is 14.1. The van der Waals surface area contributed by atoms with Crippen molar-refractivity contribution < 1.29 is 23.9 Å². The Morgan fingerprint density at radius 1 is 0.824 bits per heavy atom. The highest BCUT2D eigenvalue weighted by atomic mass is 16.5. The van der Waals surface area contributed by atoms with Crippen molar-refractivity contribution in [3.8, 4) is 5.75 Å². The van der Waals surface area contributed by atoms with Crippen LogP contribution in [0.1, 0.15) is 11.1 Å². The van der Waals surface area contributed by atoms with Crippen LogP contribution in [0.3, 0.4) is 0 Å². The van der Waals surface area contributed by atoms with Gasteiger partial charge in [0.05, 0.1) is 37.3 Å². The maximum Gasteiger partial charge on any atom is 0.323 e. The Bertz CT molecular complexity index is 1190. The summed E-state index contributed by atoms with van der Waals surface area (Å²) in [6.07, 6.45) is 0. The van der Waals surface area contributed by atoms with Crippen LogP contribution in [0.4, 0.5) is 5.69 Å². The third-order valence-corrected chi connectivity index (χ3v) is 6.80. The second-order valence-corrected chi connectivity index (χ2v) is 8.40. The summed E-state index contributed by atoms with van der Waals surface area (Å²) in [7, 11) is 2.83. The molecule has 3 aromatic carbocycles. The SMILES string of the molecule is COC(=O)[C@@H]1NC(c2ccccc2)(c2ccccc2)[C@H]2C(=O)N(c3ccc(OC)cc3)C(=O)[C@@H]12. The predicted octanol–water partition coefficient (Wildman–Crippen LogP) is 2.89. The molecule has 0 saturated carbocycles. The van der Waals surface area contributed by atoms with E-state index in [2.05, 4.69) is 5.32 Å². The van der Waals surface area contributed by atoms with E-state index in [9.17, 15) is 14.4 Å². The summed E-state index contributed by atoms with van der Waals surface area (Å²) >= 11 is 0. The van der Waals surface area contributed by atoms with Crippen LogP contribution >= 0.6 is 0 Å². The van der Waals surface area contributed by atoms with Gasteiger partial charge in [-0.15, -0.1) is 0 Å². The van der Waals surface area contributed by atoms with Crippen molar-refractivity contribution in [2.75, 3.05) is 19.1 Å². The van der Waals surface area contributed by atoms with Crippen LogP contribution in [0.2, 0.25) is 0 Å². The fourth-order valence-electron chi connectivity index (χ4n) is 5.32. The van der Waals surface area contributed by atoms with Gasteiger partial charge in [0.1, 0.15) is 11.8 Å². The Labute approximate surface area is 197 Å². The van der Waals surface area contributed by atoms with Crippen LogP contribution in [-0.2, 0) is 24.7 Å². The molecular weight excluding hydrogens is 432 g/mol. The number of ether oxygens (including phenoxy) is 2. The number of methoxy groups -OCH3 is 2. The summed E-state index contributed by atoms with van der Waals surface area (Å²) < 4.78 is 10.3. The minimum Gasteiger partial charge on any atom is -0.497 e. The summed E-state index contributed by atoms with van der Waals surface area (Å²) in [4.78, 5) is 41.9. The lowest BCUT2D eigenvalue weighted by Crippen LogP contribution is -2.51. The molecule has 2 aliphatic heterocycles. The molecule has 2 aliphatic rings. The molecule has 2 amide bonds. The zero-order valence-electron chi connectivity index (χ0n) is 18.8. The molecule has 7 nitrogen and oxygen atoms in total. The lowest BCUT2D eigenvalue weighted by Gasteiger charge is -2.36. The quantitative estimate of drug-likeness (QED) is 0.470. The molecule has 0 radical (unpaired) electrons. The minimum absolute atomic E-state index is 0.369. The van der Waals surface area contributed by atoms with E-state index >= 15 is 0 Å². The lowest BCUT2D eigenvalue weighted by atomic mass is 9.72. The molecule has 5 rings (SSSR count). The van der Waals surface area contributed by atoms with Gasteiger partial charge in [0, 0.05) is 0 Å². The molecule has 1 N–H and O–H groups in total. The molecule has 7 heteroatoms. The number of carbonyl (C=O) groups is 3. The van der Waals surface area contributed by atoms with Crippen molar-refractivity contribution in [3.63, 3.8) is 0 Å². The van der Waals surface area contributed by atoms with E-state index in [4.69, 9.17) is 9.47 Å². The summed E-state index contributed by atoms with van der Waals surface area (Å²) in [6, 6.07) is 24.7. The first-order valence-electron chi connectivity index (χ1n) is 11.0. The first-order chi connectivity index (χ1) is 16.5. The standard InChI is InChI=1S/C27H24N2O5/c1-33-20-15-13-19(14-16-20)29-24(30)21-22(25(29)31)27(17-9-5-3-6-10-17,18-11-7-4-8-12-18)28-23(21)26(32)34-2/h3-16,21-23,28H,1-2H3/t21-,22-,23-/m1/s1. The van der Waals surface area contributed by atoms with E-state index in [-0.39, 0.29) is 5.91 Å². The number of hydrogen-bond acceptors (Lipinski definition) is 6. The molecule has 3 atom stereocenters. The summed E-state index contributed by atoms with van der Waals surface area (Å²) in [6.45, 7) is 0. The molecule has 2 heterocycles. The van der Waals surface area contributed by atoms with Gasteiger partial charge in [-0.25, -0.2) is 4.90 Å². The van der Waals surface area contributed by atoms with E-state index in [1.807, 2.05) is 60.7 Å². The number of rotatable bonds is 5. The van der Waals surface area contributed by atoms with Gasteiger partial charge in [-0.3, -0.25) is 19.7 Å². The van der Waals surface area contributed by atoms with Crippen LogP contribution in [0.15, 0.2) is 84.9 Å². The van der Waals surface area contributed by atoms with Gasteiger partial charge in [0.2, 0.25) is 11.8 Å². The van der Waals surface area contributed by atoms with Crippen LogP contribution < -0.4 is 15.0 Å². The molecular formula is C27H24N2O5. The van der Waals surface area contributed by atoms with Gasteiger partial charge < -0.3 is 9.47 Å². The van der Waals surface area contributed by atoms with Crippen molar-refractivity contribution in [2.24, 2.45) is 11.8 Å². The predicted molar refractivity (Wildman–Crippen MR) is 125 cm³/mol. The molecule has 34 heavy (non-hydrogen) atoms. The van der Waals surface area contributed by atoms with E-state index < -0.39 is 35.3 Å². The largest absolute Gasteiger partial charge is 0.497 e. The van der Waals surface area contributed by atoms with Crippen molar-refractivity contribution in [1.82, 2.24) is 5.32 Å². The Kier molecular flexibility index (Phi) is 5.42. The number of amides is 2. The van der Waals surface area contributed by atoms with Crippen LogP contribution in [-0.4, -0.2) is 38.0 Å². The Morgan fingerprint density at radius 2 is 1.38 bits per heavy atom. The Hall–Kier alpha value is -3.97. The number of benzene rings is 3. The number of nitrogens with zero attached hydrogens (tertiary/aromatic N) is 1. The summed E-state index contributed by atoms with van der Waals surface area (Å²) in [5, 5.41) is 3.38. The number of anilines is 1. The van der Waals surface area contributed by atoms with E-state index in [1.165, 1.54) is 12.0 Å². The molecule has 3 aromatic rings. The summed E-state index contributed by atoms with van der Waals surface area (Å²) in [5.74, 6) is -2.55. The highest BCUT2D eigenvalue weighted by molar-refractivity contribution is 6.24. The van der Waals surface area contributed by atoms with Gasteiger partial charge >= 0.3 is 5.97 Å². The molecule has 0 spiro atoms. The van der Waals surface area contributed by atoms with Gasteiger partial charge in [0.25, 0.3) is 0 Å². The van der Waals surface area contributed by atoms with Crippen LogP contribution in [0.5, 0.6) is 5.75 Å². The van der Waals surface area contributed by atoms with Crippen LogP contribution in [0.25, 0.3) is 0 Å². The Morgan fingerprint density at radius 3 is 1.88 bits per heavy atom. The smallest absolute Gasteiger partial charge is 0.323 e. The first-order valence-corrected chi connectivity index (χ1v) is 11.0. The molecule has 2 saturated heterocycles. The number of hydrogen-bond donors (Lipinski definition) is 1. The molecule has 0 aliphatic carbocycles. The van der Waals surface area contributed by atoms with E-state index in [1.54, 1.807) is 31.4 Å². The molecule has 0 aromatic heterocycles. The number of carbonyl (C=O) groups excluding carboxylic acids is 3. The van der Waals surface area contributed by atoms with Gasteiger partial charge in [-0.1, -0.05) is 60.7 Å².